The maximum Gasteiger partial charge on any atom is 0.312 e. The predicted octanol–water partition coefficient (Wildman–Crippen LogP) is 1.30. The Kier molecular flexibility index (Phi) is 3.30. The summed E-state index contributed by atoms with van der Waals surface area (Å²) >= 11 is 0. The Morgan fingerprint density at radius 2 is 2.08 bits per heavy atom. The minimum absolute atomic E-state index is 0. The van der Waals surface area contributed by atoms with E-state index in [-0.39, 0.29) is 23.8 Å². The van der Waals surface area contributed by atoms with Gasteiger partial charge in [0.25, 0.3) is 0 Å². The summed E-state index contributed by atoms with van der Waals surface area (Å²) in [6.07, 6.45) is 0. The van der Waals surface area contributed by atoms with Crippen LogP contribution in [-0.2, 0) is 0 Å². The largest absolute Gasteiger partial charge is 0.501 e. The smallest absolute Gasteiger partial charge is 0.312 e. The van der Waals surface area contributed by atoms with Crippen LogP contribution in [-0.4, -0.2) is 10.0 Å². The van der Waals surface area contributed by atoms with Crippen LogP contribution in [0, 0.1) is 10.1 Å². The van der Waals surface area contributed by atoms with E-state index < -0.39 is 10.7 Å². The molecule has 1 rings (SSSR count). The summed E-state index contributed by atoms with van der Waals surface area (Å²) < 4.78 is 0. The number of phenols is 1. The first-order valence-corrected chi connectivity index (χ1v) is 2.85. The van der Waals surface area contributed by atoms with Crippen molar-refractivity contribution in [2.24, 2.45) is 0 Å². The lowest BCUT2D eigenvalue weighted by Gasteiger charge is -1.97. The van der Waals surface area contributed by atoms with E-state index in [0.29, 0.717) is 0 Å². The highest BCUT2D eigenvalue weighted by Crippen LogP contribution is 2.30. The Morgan fingerprint density at radius 3 is 2.50 bits per heavy atom. The summed E-state index contributed by atoms with van der Waals surface area (Å²) in [4.78, 5) is 9.48. The Morgan fingerprint density at radius 1 is 1.50 bits per heavy atom. The third-order valence-electron chi connectivity index (χ3n) is 1.24. The first-order chi connectivity index (χ1) is 5.13. The molecule has 0 heterocycles. The molecule has 0 radical (unpaired) electrons. The molecule has 1 aromatic carbocycles. The van der Waals surface area contributed by atoms with Crippen molar-refractivity contribution in [2.75, 3.05) is 5.73 Å². The molecule has 0 fully saturated rings. The summed E-state index contributed by atoms with van der Waals surface area (Å²) in [6, 6.07) is 3.99. The van der Waals surface area contributed by atoms with Crippen LogP contribution in [0.25, 0.3) is 0 Å². The Balaban J connectivity index is 0.00000121. The summed E-state index contributed by atoms with van der Waals surface area (Å²) in [7, 11) is 0. The number of phenolic OH excluding ortho intramolecular Hbond substituents is 1. The van der Waals surface area contributed by atoms with Crippen molar-refractivity contribution in [2.45, 2.75) is 0 Å². The lowest BCUT2D eigenvalue weighted by molar-refractivity contribution is -0.385. The molecule has 3 N–H and O–H groups in total. The molecular weight excluding hydrogens is 184 g/mol. The molecular formula is C6H7ClN2O3. The molecule has 0 spiro atoms. The number of aromatic hydroxyl groups is 1. The third kappa shape index (κ3) is 1.76. The Bertz CT molecular complexity index is 303. The minimum atomic E-state index is -0.689. The minimum Gasteiger partial charge on any atom is -0.501 e. The second kappa shape index (κ2) is 3.77. The highest BCUT2D eigenvalue weighted by molar-refractivity contribution is 5.85. The number of nitro groups is 1. The fraction of sp³-hybridized carbons (Fsp3) is 0. The van der Waals surface area contributed by atoms with E-state index in [2.05, 4.69) is 0 Å². The first-order valence-electron chi connectivity index (χ1n) is 2.85. The highest BCUT2D eigenvalue weighted by atomic mass is 35.5. The van der Waals surface area contributed by atoms with E-state index in [1.807, 2.05) is 0 Å². The molecule has 66 valence electrons. The Labute approximate surface area is 74.4 Å². The number of para-hydroxylation sites is 1. The zero-order valence-electron chi connectivity index (χ0n) is 5.93. The van der Waals surface area contributed by atoms with Crippen molar-refractivity contribution in [3.63, 3.8) is 0 Å². The molecule has 0 unspecified atom stereocenters. The number of hydrogen-bond acceptors (Lipinski definition) is 4. The molecule has 0 aliphatic carbocycles. The van der Waals surface area contributed by atoms with Gasteiger partial charge in [-0.15, -0.1) is 12.4 Å². The molecule has 0 aromatic heterocycles. The van der Waals surface area contributed by atoms with Gasteiger partial charge in [0.2, 0.25) is 5.75 Å². The fourth-order valence-corrected chi connectivity index (χ4v) is 0.696. The van der Waals surface area contributed by atoms with Gasteiger partial charge in [-0.1, -0.05) is 6.07 Å². The van der Waals surface area contributed by atoms with Crippen molar-refractivity contribution in [1.29, 1.82) is 0 Å². The van der Waals surface area contributed by atoms with Crippen molar-refractivity contribution in [3.05, 3.63) is 28.3 Å². The summed E-state index contributed by atoms with van der Waals surface area (Å²) in [5.41, 5.74) is 4.85. The van der Waals surface area contributed by atoms with Crippen molar-refractivity contribution in [1.82, 2.24) is 0 Å². The molecule has 0 amide bonds. The average molecular weight is 191 g/mol. The van der Waals surface area contributed by atoms with Gasteiger partial charge >= 0.3 is 5.69 Å². The zero-order chi connectivity index (χ0) is 8.43. The lowest BCUT2D eigenvalue weighted by atomic mass is 10.2. The van der Waals surface area contributed by atoms with Gasteiger partial charge in [0.15, 0.2) is 0 Å². The molecule has 0 saturated heterocycles. The van der Waals surface area contributed by atoms with Crippen LogP contribution in [0.5, 0.6) is 5.75 Å². The molecule has 6 heteroatoms. The van der Waals surface area contributed by atoms with Gasteiger partial charge < -0.3 is 10.8 Å². The van der Waals surface area contributed by atoms with Gasteiger partial charge in [-0.2, -0.15) is 0 Å². The van der Waals surface area contributed by atoms with Gasteiger partial charge in [-0.05, 0) is 6.07 Å². The van der Waals surface area contributed by atoms with Crippen LogP contribution in [0.1, 0.15) is 0 Å². The van der Waals surface area contributed by atoms with Crippen LogP contribution in [0.3, 0.4) is 0 Å². The van der Waals surface area contributed by atoms with Crippen LogP contribution < -0.4 is 5.73 Å². The van der Waals surface area contributed by atoms with Crippen molar-refractivity contribution in [3.8, 4) is 5.75 Å². The number of hydrogen-bond donors (Lipinski definition) is 2. The zero-order valence-corrected chi connectivity index (χ0v) is 6.75. The van der Waals surface area contributed by atoms with E-state index in [4.69, 9.17) is 10.8 Å². The summed E-state index contributed by atoms with van der Waals surface area (Å²) in [5, 5.41) is 19.2. The first kappa shape index (κ1) is 10.5. The van der Waals surface area contributed by atoms with Crippen molar-refractivity contribution >= 4 is 23.8 Å². The quantitative estimate of drug-likeness (QED) is 0.302. The van der Waals surface area contributed by atoms with E-state index >= 15 is 0 Å². The number of nitrogens with zero attached hydrogens (tertiary/aromatic N) is 1. The second-order valence-corrected chi connectivity index (χ2v) is 1.97. The summed E-state index contributed by atoms with van der Waals surface area (Å²) in [6.45, 7) is 0. The number of anilines is 1. The highest BCUT2D eigenvalue weighted by Gasteiger charge is 2.13. The maximum absolute atomic E-state index is 10.2. The SMILES string of the molecule is Cl.Nc1cccc([N+](=O)[O-])c1O. The number of nitrogens with two attached hydrogens (primary N) is 1. The molecule has 0 aliphatic rings. The normalized spacial score (nSPS) is 8.67. The molecule has 5 nitrogen and oxygen atoms in total. The molecule has 0 saturated carbocycles. The lowest BCUT2D eigenvalue weighted by Crippen LogP contribution is -1.91. The monoisotopic (exact) mass is 190 g/mol. The van der Waals surface area contributed by atoms with Gasteiger partial charge in [0, 0.05) is 6.07 Å². The van der Waals surface area contributed by atoms with E-state index in [9.17, 15) is 10.1 Å². The van der Waals surface area contributed by atoms with Gasteiger partial charge in [0.05, 0.1) is 10.6 Å². The number of rotatable bonds is 1. The molecule has 0 aliphatic heterocycles. The third-order valence-corrected chi connectivity index (χ3v) is 1.24. The topological polar surface area (TPSA) is 89.4 Å². The van der Waals surface area contributed by atoms with Crippen LogP contribution in [0.2, 0.25) is 0 Å². The number of benzene rings is 1. The second-order valence-electron chi connectivity index (χ2n) is 1.97. The molecule has 0 atom stereocenters. The molecule has 1 aromatic rings. The van der Waals surface area contributed by atoms with E-state index in [0.717, 1.165) is 0 Å². The van der Waals surface area contributed by atoms with Gasteiger partial charge in [-0.25, -0.2) is 0 Å². The van der Waals surface area contributed by atoms with Crippen LogP contribution >= 0.6 is 12.4 Å². The average Bonchev–Trinajstić information content (AvgIpc) is 1.94. The van der Waals surface area contributed by atoms with E-state index in [1.165, 1.54) is 18.2 Å². The molecule has 12 heavy (non-hydrogen) atoms. The Hall–Kier alpha value is -1.49. The number of halogens is 1. The number of nitro benzene ring substituents is 1. The van der Waals surface area contributed by atoms with Gasteiger partial charge in [0.1, 0.15) is 0 Å². The number of nitrogen functional groups attached to an aromatic ring is 1. The summed E-state index contributed by atoms with van der Waals surface area (Å²) in [5.74, 6) is -0.475. The molecule has 0 bridgehead atoms. The van der Waals surface area contributed by atoms with E-state index in [1.54, 1.807) is 0 Å². The van der Waals surface area contributed by atoms with Crippen LogP contribution in [0.15, 0.2) is 18.2 Å². The fourth-order valence-electron chi connectivity index (χ4n) is 0.696. The van der Waals surface area contributed by atoms with Crippen molar-refractivity contribution < 1.29 is 10.0 Å². The maximum atomic E-state index is 10.2. The predicted molar refractivity (Wildman–Crippen MR) is 46.4 cm³/mol. The van der Waals surface area contributed by atoms with Gasteiger partial charge in [-0.3, -0.25) is 10.1 Å². The van der Waals surface area contributed by atoms with Crippen LogP contribution in [0.4, 0.5) is 11.4 Å². The standard InChI is InChI=1S/C6H6N2O3.ClH/c7-4-2-1-3-5(6(4)9)8(10)11;/h1-3,9H,7H2;1H.